The molecule has 1 aliphatic heterocycles. The molecular weight excluding hydrogens is 209 g/mol. The number of anilines is 1. The number of amides is 1. The van der Waals surface area contributed by atoms with Crippen LogP contribution in [0.15, 0.2) is 18.2 Å². The van der Waals surface area contributed by atoms with Gasteiger partial charge in [-0.1, -0.05) is 0 Å². The van der Waals surface area contributed by atoms with E-state index in [0.717, 1.165) is 0 Å². The number of benzene rings is 1. The Bertz CT molecular complexity index is 443. The number of rotatable bonds is 0. The second-order valence-corrected chi connectivity index (χ2v) is 4.65. The predicted molar refractivity (Wildman–Crippen MR) is 59.1 cm³/mol. The highest BCUT2D eigenvalue weighted by atomic mass is 19.1. The summed E-state index contributed by atoms with van der Waals surface area (Å²) in [7, 11) is 1.64. The zero-order valence-corrected chi connectivity index (χ0v) is 9.58. The Kier molecular flexibility index (Phi) is 2.37. The molecule has 1 amide bonds. The lowest BCUT2D eigenvalue weighted by Crippen LogP contribution is -2.39. The molecule has 1 aromatic rings. The van der Waals surface area contributed by atoms with Crippen LogP contribution in [-0.4, -0.2) is 19.6 Å². The van der Waals surface area contributed by atoms with E-state index in [2.05, 4.69) is 0 Å². The van der Waals surface area contributed by atoms with E-state index in [4.69, 9.17) is 4.74 Å². The predicted octanol–water partition coefficient (Wildman–Crippen LogP) is 2.21. The fraction of sp³-hybridized carbons (Fsp3) is 0.417. The van der Waals surface area contributed by atoms with Gasteiger partial charge in [0.05, 0.1) is 11.1 Å². The van der Waals surface area contributed by atoms with Crippen LogP contribution in [0.3, 0.4) is 0 Å². The fourth-order valence-corrected chi connectivity index (χ4v) is 1.76. The lowest BCUT2D eigenvalue weighted by Gasteiger charge is -2.24. The molecule has 0 aliphatic carbocycles. The maximum atomic E-state index is 13.1. The third-order valence-electron chi connectivity index (χ3n) is 2.75. The summed E-state index contributed by atoms with van der Waals surface area (Å²) < 4.78 is 18.7. The van der Waals surface area contributed by atoms with Gasteiger partial charge in [-0.25, -0.2) is 4.39 Å². The summed E-state index contributed by atoms with van der Waals surface area (Å²) in [5.41, 5.74) is -0.111. The van der Waals surface area contributed by atoms with E-state index in [-0.39, 0.29) is 11.7 Å². The molecule has 0 radical (unpaired) electrons. The van der Waals surface area contributed by atoms with Crippen molar-refractivity contribution >= 4 is 11.6 Å². The molecule has 1 aromatic carbocycles. The van der Waals surface area contributed by atoms with Crippen molar-refractivity contribution in [1.82, 2.24) is 0 Å². The summed E-state index contributed by atoms with van der Waals surface area (Å²) in [6, 6.07) is 4.19. The molecule has 3 nitrogen and oxygen atoms in total. The van der Waals surface area contributed by atoms with Crippen molar-refractivity contribution in [2.24, 2.45) is 5.41 Å². The molecule has 0 fully saturated rings. The van der Waals surface area contributed by atoms with Crippen LogP contribution < -0.4 is 9.64 Å². The molecule has 0 atom stereocenters. The molecular formula is C12H14FNO2. The summed E-state index contributed by atoms with van der Waals surface area (Å²) in [5, 5.41) is 0. The van der Waals surface area contributed by atoms with Gasteiger partial charge in [0.1, 0.15) is 18.2 Å². The molecule has 0 N–H and O–H groups in total. The summed E-state index contributed by atoms with van der Waals surface area (Å²) in [6.07, 6.45) is 0. The fourth-order valence-electron chi connectivity index (χ4n) is 1.76. The van der Waals surface area contributed by atoms with Crippen LogP contribution in [0.25, 0.3) is 0 Å². The molecule has 0 unspecified atom stereocenters. The van der Waals surface area contributed by atoms with Gasteiger partial charge in [0, 0.05) is 13.1 Å². The molecule has 16 heavy (non-hydrogen) atoms. The summed E-state index contributed by atoms with van der Waals surface area (Å²) in [4.78, 5) is 13.5. The summed E-state index contributed by atoms with van der Waals surface area (Å²) in [6.45, 7) is 3.93. The number of carbonyl (C=O) groups excluding carboxylic acids is 1. The van der Waals surface area contributed by atoms with Gasteiger partial charge in [-0.3, -0.25) is 4.79 Å². The van der Waals surface area contributed by atoms with Crippen LogP contribution in [0.5, 0.6) is 5.75 Å². The first-order valence-corrected chi connectivity index (χ1v) is 5.12. The first-order valence-electron chi connectivity index (χ1n) is 5.12. The molecule has 1 heterocycles. The van der Waals surface area contributed by atoms with E-state index in [1.807, 2.05) is 13.8 Å². The van der Waals surface area contributed by atoms with Crippen molar-refractivity contribution in [1.29, 1.82) is 0 Å². The zero-order valence-electron chi connectivity index (χ0n) is 9.58. The number of carbonyl (C=O) groups is 1. The molecule has 2 rings (SSSR count). The minimum Gasteiger partial charge on any atom is -0.490 e. The van der Waals surface area contributed by atoms with Gasteiger partial charge in [0.25, 0.3) is 0 Å². The van der Waals surface area contributed by atoms with Crippen LogP contribution in [0.2, 0.25) is 0 Å². The van der Waals surface area contributed by atoms with Crippen LogP contribution in [0, 0.1) is 11.2 Å². The highest BCUT2D eigenvalue weighted by molar-refractivity contribution is 5.98. The molecule has 1 aliphatic rings. The molecule has 0 bridgehead atoms. The highest BCUT2D eigenvalue weighted by Crippen LogP contribution is 2.35. The summed E-state index contributed by atoms with van der Waals surface area (Å²) >= 11 is 0. The molecule has 0 saturated heterocycles. The van der Waals surface area contributed by atoms with E-state index >= 15 is 0 Å². The molecule has 0 spiro atoms. The van der Waals surface area contributed by atoms with E-state index in [1.54, 1.807) is 13.1 Å². The Morgan fingerprint density at radius 3 is 2.81 bits per heavy atom. The second kappa shape index (κ2) is 3.47. The van der Waals surface area contributed by atoms with E-state index in [9.17, 15) is 9.18 Å². The number of halogens is 1. The maximum Gasteiger partial charge on any atom is 0.235 e. The van der Waals surface area contributed by atoms with E-state index in [0.29, 0.717) is 18.0 Å². The van der Waals surface area contributed by atoms with Crippen LogP contribution in [-0.2, 0) is 4.79 Å². The molecule has 4 heteroatoms. The van der Waals surface area contributed by atoms with Crippen LogP contribution in [0.4, 0.5) is 10.1 Å². The maximum absolute atomic E-state index is 13.1. The Labute approximate surface area is 93.8 Å². The first kappa shape index (κ1) is 10.9. The molecule has 86 valence electrons. The minimum atomic E-state index is -0.593. The number of hydrogen-bond acceptors (Lipinski definition) is 2. The van der Waals surface area contributed by atoms with Crippen LogP contribution in [0.1, 0.15) is 13.8 Å². The quantitative estimate of drug-likeness (QED) is 0.674. The monoisotopic (exact) mass is 223 g/mol. The standard InChI is InChI=1S/C12H14FNO2/c1-12(2)7-16-10-5-4-8(13)6-9(10)14(3)11(12)15/h4-6H,7H2,1-3H3. The number of fused-ring (bicyclic) bond motifs is 1. The minimum absolute atomic E-state index is 0.0724. The third kappa shape index (κ3) is 1.64. The largest absolute Gasteiger partial charge is 0.490 e. The Balaban J connectivity index is 2.51. The normalized spacial score (nSPS) is 18.8. The van der Waals surface area contributed by atoms with E-state index < -0.39 is 5.41 Å². The van der Waals surface area contributed by atoms with Gasteiger partial charge in [-0.05, 0) is 26.0 Å². The van der Waals surface area contributed by atoms with Crippen molar-refractivity contribution in [2.45, 2.75) is 13.8 Å². The topological polar surface area (TPSA) is 29.5 Å². The van der Waals surface area contributed by atoms with Crippen LogP contribution >= 0.6 is 0 Å². The van der Waals surface area contributed by atoms with Gasteiger partial charge in [0.15, 0.2) is 0 Å². The zero-order chi connectivity index (χ0) is 11.9. The SMILES string of the molecule is CN1C(=O)C(C)(C)COc2ccc(F)cc21. The molecule has 0 saturated carbocycles. The average Bonchev–Trinajstić information content (AvgIpc) is 2.31. The van der Waals surface area contributed by atoms with Gasteiger partial charge in [-0.2, -0.15) is 0 Å². The van der Waals surface area contributed by atoms with Gasteiger partial charge < -0.3 is 9.64 Å². The summed E-state index contributed by atoms with van der Waals surface area (Å²) in [5.74, 6) is 0.0985. The average molecular weight is 223 g/mol. The highest BCUT2D eigenvalue weighted by Gasteiger charge is 2.36. The lowest BCUT2D eigenvalue weighted by atomic mass is 9.93. The second-order valence-electron chi connectivity index (χ2n) is 4.65. The first-order chi connectivity index (χ1) is 7.42. The van der Waals surface area contributed by atoms with Crippen molar-refractivity contribution < 1.29 is 13.9 Å². The lowest BCUT2D eigenvalue weighted by molar-refractivity contribution is -0.127. The number of nitrogens with zero attached hydrogens (tertiary/aromatic N) is 1. The van der Waals surface area contributed by atoms with Gasteiger partial charge >= 0.3 is 0 Å². The van der Waals surface area contributed by atoms with Gasteiger partial charge in [0.2, 0.25) is 5.91 Å². The Morgan fingerprint density at radius 2 is 2.12 bits per heavy atom. The van der Waals surface area contributed by atoms with E-state index in [1.165, 1.54) is 17.0 Å². The Morgan fingerprint density at radius 1 is 1.44 bits per heavy atom. The van der Waals surface area contributed by atoms with Crippen molar-refractivity contribution in [3.8, 4) is 5.75 Å². The number of ether oxygens (including phenoxy) is 1. The Hall–Kier alpha value is -1.58. The van der Waals surface area contributed by atoms with Crippen molar-refractivity contribution in [2.75, 3.05) is 18.6 Å². The number of hydrogen-bond donors (Lipinski definition) is 0. The van der Waals surface area contributed by atoms with Gasteiger partial charge in [-0.15, -0.1) is 0 Å². The smallest absolute Gasteiger partial charge is 0.235 e. The van der Waals surface area contributed by atoms with Crippen molar-refractivity contribution in [3.63, 3.8) is 0 Å². The molecule has 0 aromatic heterocycles. The third-order valence-corrected chi connectivity index (χ3v) is 2.75. The van der Waals surface area contributed by atoms with Crippen molar-refractivity contribution in [3.05, 3.63) is 24.0 Å².